The topological polar surface area (TPSA) is 49.3 Å². The highest BCUT2D eigenvalue weighted by atomic mass is 79.9. The van der Waals surface area contributed by atoms with Gasteiger partial charge in [0.2, 0.25) is 0 Å². The molecule has 0 saturated heterocycles. The van der Waals surface area contributed by atoms with Crippen molar-refractivity contribution in [2.45, 2.75) is 32.2 Å². The fourth-order valence-corrected chi connectivity index (χ4v) is 3.42. The summed E-state index contributed by atoms with van der Waals surface area (Å²) in [7, 11) is 0. The van der Waals surface area contributed by atoms with Crippen LogP contribution in [0.3, 0.4) is 0 Å². The number of carboxylic acid groups (broad SMARTS) is 1. The first-order chi connectivity index (χ1) is 9.77. The number of hydrogen-bond donors (Lipinski definition) is 2. The monoisotopic (exact) mass is 367 g/mol. The molecule has 0 aliphatic heterocycles. The zero-order chi connectivity index (χ0) is 15.6. The summed E-state index contributed by atoms with van der Waals surface area (Å²) in [6.07, 6.45) is 0. The van der Waals surface area contributed by atoms with Crippen LogP contribution >= 0.6 is 27.3 Å². The minimum absolute atomic E-state index is 0.0295. The van der Waals surface area contributed by atoms with E-state index in [1.54, 1.807) is 11.3 Å². The highest BCUT2D eigenvalue weighted by molar-refractivity contribution is 9.10. The number of thiophene rings is 1. The predicted octanol–water partition coefficient (Wildman–Crippen LogP) is 5.05. The van der Waals surface area contributed by atoms with Gasteiger partial charge in [-0.05, 0) is 35.7 Å². The predicted molar refractivity (Wildman–Crippen MR) is 91.2 cm³/mol. The lowest BCUT2D eigenvalue weighted by Crippen LogP contribution is -2.19. The van der Waals surface area contributed by atoms with Gasteiger partial charge >= 0.3 is 5.97 Å². The number of carbonyl (C=O) groups is 1. The average Bonchev–Trinajstić information content (AvgIpc) is 2.84. The van der Waals surface area contributed by atoms with Crippen LogP contribution < -0.4 is 5.32 Å². The number of hydrogen-bond acceptors (Lipinski definition) is 3. The van der Waals surface area contributed by atoms with Crippen LogP contribution in [0.25, 0.3) is 0 Å². The molecule has 2 aromatic rings. The van der Waals surface area contributed by atoms with E-state index in [2.05, 4.69) is 42.0 Å². The fraction of sp³-hybridized carbons (Fsp3) is 0.312. The maximum atomic E-state index is 11.6. The Morgan fingerprint density at radius 1 is 1.29 bits per heavy atom. The molecule has 1 aromatic heterocycles. The van der Waals surface area contributed by atoms with Crippen molar-refractivity contribution in [3.05, 3.63) is 50.6 Å². The van der Waals surface area contributed by atoms with E-state index >= 15 is 0 Å². The number of carboxylic acids is 1. The molecule has 21 heavy (non-hydrogen) atoms. The molecule has 0 fully saturated rings. The molecule has 2 N–H and O–H groups in total. The van der Waals surface area contributed by atoms with Gasteiger partial charge in [0.25, 0.3) is 0 Å². The Balaban J connectivity index is 2.27. The summed E-state index contributed by atoms with van der Waals surface area (Å²) in [5.74, 6) is -0.878. The summed E-state index contributed by atoms with van der Waals surface area (Å²) >= 11 is 4.94. The third-order valence-electron chi connectivity index (χ3n) is 3.03. The summed E-state index contributed by atoms with van der Waals surface area (Å²) in [6, 6.07) is 10.7. The standard InChI is InChI=1S/C16H18BrNO2S/c1-16(2,3)13-8-7-12(21-13)14(15(19)20)18-11-6-4-5-10(17)9-11/h4-9,14,18H,1-3H3,(H,19,20). The number of aliphatic carboxylic acids is 1. The van der Waals surface area contributed by atoms with Crippen LogP contribution in [0, 0.1) is 0 Å². The molecule has 1 heterocycles. The van der Waals surface area contributed by atoms with Crippen molar-refractivity contribution in [3.63, 3.8) is 0 Å². The molecule has 0 amide bonds. The number of halogens is 1. The number of anilines is 1. The summed E-state index contributed by atoms with van der Waals surface area (Å²) in [4.78, 5) is 13.6. The van der Waals surface area contributed by atoms with Crippen LogP contribution in [0.5, 0.6) is 0 Å². The van der Waals surface area contributed by atoms with Crippen LogP contribution in [-0.2, 0) is 10.2 Å². The van der Waals surface area contributed by atoms with E-state index in [1.807, 2.05) is 36.4 Å². The van der Waals surface area contributed by atoms with Gasteiger partial charge in [0.15, 0.2) is 6.04 Å². The molecule has 0 radical (unpaired) electrons. The van der Waals surface area contributed by atoms with Crippen LogP contribution in [0.1, 0.15) is 36.6 Å². The Hall–Kier alpha value is -1.33. The zero-order valence-electron chi connectivity index (χ0n) is 12.2. The molecule has 0 saturated carbocycles. The van der Waals surface area contributed by atoms with Gasteiger partial charge in [0.05, 0.1) is 0 Å². The quantitative estimate of drug-likeness (QED) is 0.794. The van der Waals surface area contributed by atoms with Crippen molar-refractivity contribution in [1.82, 2.24) is 0 Å². The maximum absolute atomic E-state index is 11.6. The van der Waals surface area contributed by atoms with Gasteiger partial charge < -0.3 is 10.4 Å². The Bertz CT molecular complexity index is 646. The van der Waals surface area contributed by atoms with E-state index in [0.717, 1.165) is 15.0 Å². The first-order valence-corrected chi connectivity index (χ1v) is 8.23. The smallest absolute Gasteiger partial charge is 0.331 e. The maximum Gasteiger partial charge on any atom is 0.331 e. The number of nitrogens with one attached hydrogen (secondary N) is 1. The largest absolute Gasteiger partial charge is 0.479 e. The summed E-state index contributed by atoms with van der Waals surface area (Å²) in [5.41, 5.74) is 0.810. The van der Waals surface area contributed by atoms with Crippen molar-refractivity contribution in [2.75, 3.05) is 5.32 Å². The summed E-state index contributed by atoms with van der Waals surface area (Å²) in [6.45, 7) is 6.38. The van der Waals surface area contributed by atoms with Crippen LogP contribution in [0.4, 0.5) is 5.69 Å². The second-order valence-electron chi connectivity index (χ2n) is 5.88. The minimum Gasteiger partial charge on any atom is -0.479 e. The Morgan fingerprint density at radius 3 is 2.52 bits per heavy atom. The lowest BCUT2D eigenvalue weighted by Gasteiger charge is -2.17. The summed E-state index contributed by atoms with van der Waals surface area (Å²) in [5, 5.41) is 12.6. The second-order valence-corrected chi connectivity index (χ2v) is 7.91. The van der Waals surface area contributed by atoms with E-state index in [1.165, 1.54) is 4.88 Å². The third kappa shape index (κ3) is 4.08. The highest BCUT2D eigenvalue weighted by Crippen LogP contribution is 2.34. The van der Waals surface area contributed by atoms with Crippen LogP contribution in [-0.4, -0.2) is 11.1 Å². The molecule has 0 spiro atoms. The van der Waals surface area contributed by atoms with Crippen molar-refractivity contribution < 1.29 is 9.90 Å². The SMILES string of the molecule is CC(C)(C)c1ccc(C(Nc2cccc(Br)c2)C(=O)O)s1. The second kappa shape index (κ2) is 6.20. The number of rotatable bonds is 4. The first-order valence-electron chi connectivity index (χ1n) is 6.62. The van der Waals surface area contributed by atoms with Gasteiger partial charge in [-0.25, -0.2) is 4.79 Å². The Morgan fingerprint density at radius 2 is 2.00 bits per heavy atom. The molecular weight excluding hydrogens is 350 g/mol. The molecule has 1 unspecified atom stereocenters. The van der Waals surface area contributed by atoms with Crippen LogP contribution in [0.2, 0.25) is 0 Å². The van der Waals surface area contributed by atoms with Gasteiger partial charge in [-0.1, -0.05) is 42.8 Å². The van der Waals surface area contributed by atoms with E-state index in [9.17, 15) is 9.90 Å². The molecule has 0 bridgehead atoms. The van der Waals surface area contributed by atoms with Crippen molar-refractivity contribution >= 4 is 38.9 Å². The molecule has 3 nitrogen and oxygen atoms in total. The molecule has 2 rings (SSSR count). The molecule has 0 aliphatic carbocycles. The average molecular weight is 368 g/mol. The number of benzene rings is 1. The molecule has 5 heteroatoms. The molecule has 112 valence electrons. The van der Waals surface area contributed by atoms with Gasteiger partial charge in [-0.3, -0.25) is 0 Å². The van der Waals surface area contributed by atoms with Crippen LogP contribution in [0.15, 0.2) is 40.9 Å². The molecule has 1 atom stereocenters. The van der Waals surface area contributed by atoms with Gasteiger partial charge in [-0.15, -0.1) is 11.3 Å². The van der Waals surface area contributed by atoms with E-state index in [-0.39, 0.29) is 5.41 Å². The Kier molecular flexibility index (Phi) is 4.74. The Labute approximate surface area is 137 Å². The molecule has 0 aliphatic rings. The van der Waals surface area contributed by atoms with E-state index in [4.69, 9.17) is 0 Å². The van der Waals surface area contributed by atoms with Gasteiger partial charge in [0.1, 0.15) is 0 Å². The lowest BCUT2D eigenvalue weighted by molar-refractivity contribution is -0.138. The first kappa shape index (κ1) is 16.0. The highest BCUT2D eigenvalue weighted by Gasteiger charge is 2.24. The van der Waals surface area contributed by atoms with E-state index < -0.39 is 12.0 Å². The molecular formula is C16H18BrNO2S. The van der Waals surface area contributed by atoms with Crippen molar-refractivity contribution in [1.29, 1.82) is 0 Å². The minimum atomic E-state index is -0.878. The molecule has 1 aromatic carbocycles. The van der Waals surface area contributed by atoms with Gasteiger partial charge in [0, 0.05) is 19.9 Å². The fourth-order valence-electron chi connectivity index (χ4n) is 1.91. The van der Waals surface area contributed by atoms with Gasteiger partial charge in [-0.2, -0.15) is 0 Å². The lowest BCUT2D eigenvalue weighted by atomic mass is 9.95. The zero-order valence-corrected chi connectivity index (χ0v) is 14.6. The van der Waals surface area contributed by atoms with Crippen molar-refractivity contribution in [3.8, 4) is 0 Å². The summed E-state index contributed by atoms with van der Waals surface area (Å²) < 4.78 is 0.915. The van der Waals surface area contributed by atoms with E-state index in [0.29, 0.717) is 0 Å². The normalized spacial score (nSPS) is 13.0. The van der Waals surface area contributed by atoms with Crippen molar-refractivity contribution in [2.24, 2.45) is 0 Å². The third-order valence-corrected chi connectivity index (χ3v) is 5.10.